The maximum absolute atomic E-state index is 11.1. The zero-order valence-electron chi connectivity index (χ0n) is 13.8. The molecule has 23 heavy (non-hydrogen) atoms. The first kappa shape index (κ1) is 15.8. The van der Waals surface area contributed by atoms with Crippen molar-refractivity contribution in [2.45, 2.75) is 25.6 Å². The molecule has 2 aromatic rings. The van der Waals surface area contributed by atoms with Crippen LogP contribution in [0.3, 0.4) is 0 Å². The number of nitrogens with one attached hydrogen (secondary N) is 1. The number of hydrogen-bond donors (Lipinski definition) is 2. The SMILES string of the molecule is CNCC1(O)COc2ccccc2C1Oc1cccc(C)c1C. The highest BCUT2D eigenvalue weighted by Gasteiger charge is 2.45. The van der Waals surface area contributed by atoms with Gasteiger partial charge in [-0.1, -0.05) is 30.3 Å². The second-order valence-corrected chi connectivity index (χ2v) is 6.16. The number of benzene rings is 2. The van der Waals surface area contributed by atoms with Gasteiger partial charge in [-0.05, 0) is 44.2 Å². The maximum atomic E-state index is 11.1. The summed E-state index contributed by atoms with van der Waals surface area (Å²) in [5, 5.41) is 14.1. The summed E-state index contributed by atoms with van der Waals surface area (Å²) in [6.07, 6.45) is -0.486. The molecule has 4 heteroatoms. The fraction of sp³-hybridized carbons (Fsp3) is 0.368. The fourth-order valence-electron chi connectivity index (χ4n) is 3.00. The van der Waals surface area contributed by atoms with E-state index in [2.05, 4.69) is 18.3 Å². The van der Waals surface area contributed by atoms with Gasteiger partial charge in [0.15, 0.2) is 11.7 Å². The Balaban J connectivity index is 2.02. The van der Waals surface area contributed by atoms with Gasteiger partial charge in [0.25, 0.3) is 0 Å². The normalized spacial score (nSPS) is 23.0. The van der Waals surface area contributed by atoms with Crippen molar-refractivity contribution in [3.63, 3.8) is 0 Å². The molecule has 1 aliphatic rings. The Morgan fingerprint density at radius 3 is 2.78 bits per heavy atom. The first-order chi connectivity index (χ1) is 11.0. The van der Waals surface area contributed by atoms with Crippen LogP contribution in [-0.2, 0) is 0 Å². The Kier molecular flexibility index (Phi) is 4.28. The highest BCUT2D eigenvalue weighted by Crippen LogP contribution is 2.41. The standard InChI is InChI=1S/C19H23NO3/c1-13-7-6-10-16(14(13)2)23-18-15-8-4-5-9-17(15)22-12-19(18,21)11-20-3/h4-10,18,20-21H,11-12H2,1-3H3. The van der Waals surface area contributed by atoms with E-state index < -0.39 is 11.7 Å². The summed E-state index contributed by atoms with van der Waals surface area (Å²) >= 11 is 0. The van der Waals surface area contributed by atoms with Crippen molar-refractivity contribution in [1.82, 2.24) is 5.32 Å². The van der Waals surface area contributed by atoms with E-state index in [0.29, 0.717) is 6.54 Å². The molecule has 0 fully saturated rings. The van der Waals surface area contributed by atoms with Crippen LogP contribution in [0.15, 0.2) is 42.5 Å². The lowest BCUT2D eigenvalue weighted by molar-refractivity contribution is -0.101. The lowest BCUT2D eigenvalue weighted by Gasteiger charge is -2.40. The van der Waals surface area contributed by atoms with Crippen molar-refractivity contribution in [1.29, 1.82) is 0 Å². The number of hydrogen-bond acceptors (Lipinski definition) is 4. The molecule has 0 aromatic heterocycles. The third kappa shape index (κ3) is 2.92. The van der Waals surface area contributed by atoms with Gasteiger partial charge in [0.2, 0.25) is 0 Å². The first-order valence-corrected chi connectivity index (χ1v) is 7.87. The highest BCUT2D eigenvalue weighted by molar-refractivity contribution is 5.43. The highest BCUT2D eigenvalue weighted by atomic mass is 16.5. The molecule has 1 aliphatic heterocycles. The minimum absolute atomic E-state index is 0.195. The predicted octanol–water partition coefficient (Wildman–Crippen LogP) is 2.77. The van der Waals surface area contributed by atoms with Crippen LogP contribution >= 0.6 is 0 Å². The van der Waals surface area contributed by atoms with E-state index in [1.54, 1.807) is 0 Å². The van der Waals surface area contributed by atoms with Crippen LogP contribution in [-0.4, -0.2) is 30.9 Å². The molecule has 0 spiro atoms. The van der Waals surface area contributed by atoms with Gasteiger partial charge in [-0.2, -0.15) is 0 Å². The summed E-state index contributed by atoms with van der Waals surface area (Å²) in [6.45, 7) is 4.67. The molecule has 0 bridgehead atoms. The van der Waals surface area contributed by atoms with Crippen molar-refractivity contribution in [2.24, 2.45) is 0 Å². The second kappa shape index (κ2) is 6.22. The Bertz CT molecular complexity index is 701. The summed E-state index contributed by atoms with van der Waals surface area (Å²) in [7, 11) is 1.81. The Hall–Kier alpha value is -2.04. The van der Waals surface area contributed by atoms with Gasteiger partial charge in [-0.3, -0.25) is 0 Å². The third-order valence-corrected chi connectivity index (χ3v) is 4.45. The monoisotopic (exact) mass is 313 g/mol. The van der Waals surface area contributed by atoms with E-state index in [1.165, 1.54) is 5.56 Å². The quantitative estimate of drug-likeness (QED) is 0.911. The van der Waals surface area contributed by atoms with Crippen molar-refractivity contribution >= 4 is 0 Å². The van der Waals surface area contributed by atoms with Crippen LogP contribution in [0.25, 0.3) is 0 Å². The number of aliphatic hydroxyl groups is 1. The largest absolute Gasteiger partial charge is 0.490 e. The Morgan fingerprint density at radius 1 is 1.22 bits per heavy atom. The zero-order valence-corrected chi connectivity index (χ0v) is 13.8. The van der Waals surface area contributed by atoms with Gasteiger partial charge in [-0.25, -0.2) is 0 Å². The van der Waals surface area contributed by atoms with Gasteiger partial charge < -0.3 is 19.9 Å². The fourth-order valence-corrected chi connectivity index (χ4v) is 3.00. The minimum atomic E-state index is -1.13. The van der Waals surface area contributed by atoms with Gasteiger partial charge in [-0.15, -0.1) is 0 Å². The maximum Gasteiger partial charge on any atom is 0.160 e. The second-order valence-electron chi connectivity index (χ2n) is 6.16. The molecule has 4 nitrogen and oxygen atoms in total. The minimum Gasteiger partial charge on any atom is -0.490 e. The van der Waals surface area contributed by atoms with Crippen molar-refractivity contribution in [3.8, 4) is 11.5 Å². The molecule has 0 saturated heterocycles. The average Bonchev–Trinajstić information content (AvgIpc) is 2.54. The van der Waals surface area contributed by atoms with Crippen LogP contribution in [0.4, 0.5) is 0 Å². The number of rotatable bonds is 4. The van der Waals surface area contributed by atoms with Gasteiger partial charge in [0.05, 0.1) is 0 Å². The molecular formula is C19H23NO3. The van der Waals surface area contributed by atoms with E-state index >= 15 is 0 Å². The molecule has 2 unspecified atom stereocenters. The average molecular weight is 313 g/mol. The molecule has 0 amide bonds. The van der Waals surface area contributed by atoms with Gasteiger partial charge in [0.1, 0.15) is 18.1 Å². The molecule has 2 atom stereocenters. The number of fused-ring (bicyclic) bond motifs is 1. The van der Waals surface area contributed by atoms with Crippen LogP contribution in [0.5, 0.6) is 11.5 Å². The number of aryl methyl sites for hydroxylation is 1. The van der Waals surface area contributed by atoms with Crippen molar-refractivity contribution in [2.75, 3.05) is 20.2 Å². The lowest BCUT2D eigenvalue weighted by Crippen LogP contribution is -2.53. The van der Waals surface area contributed by atoms with Crippen LogP contribution in [0.1, 0.15) is 22.8 Å². The van der Waals surface area contributed by atoms with E-state index in [-0.39, 0.29) is 6.61 Å². The molecule has 122 valence electrons. The molecule has 0 aliphatic carbocycles. The third-order valence-electron chi connectivity index (χ3n) is 4.45. The molecule has 2 N–H and O–H groups in total. The molecule has 1 heterocycles. The van der Waals surface area contributed by atoms with Crippen LogP contribution < -0.4 is 14.8 Å². The lowest BCUT2D eigenvalue weighted by atomic mass is 9.88. The van der Waals surface area contributed by atoms with E-state index in [1.807, 2.05) is 50.4 Å². The molecule has 2 aromatic carbocycles. The summed E-state index contributed by atoms with van der Waals surface area (Å²) in [5.41, 5.74) is 2.00. The zero-order chi connectivity index (χ0) is 16.4. The number of ether oxygens (including phenoxy) is 2. The smallest absolute Gasteiger partial charge is 0.160 e. The molecule has 0 radical (unpaired) electrons. The summed E-state index contributed by atoms with van der Waals surface area (Å²) in [6, 6.07) is 13.7. The molecule has 0 saturated carbocycles. The van der Waals surface area contributed by atoms with E-state index in [9.17, 15) is 5.11 Å². The summed E-state index contributed by atoms with van der Waals surface area (Å²) in [5.74, 6) is 1.56. The summed E-state index contributed by atoms with van der Waals surface area (Å²) < 4.78 is 12.0. The topological polar surface area (TPSA) is 50.7 Å². The number of likely N-dealkylation sites (N-methyl/N-ethyl adjacent to an activating group) is 1. The van der Waals surface area contributed by atoms with Crippen LogP contribution in [0.2, 0.25) is 0 Å². The molecular weight excluding hydrogens is 290 g/mol. The van der Waals surface area contributed by atoms with Gasteiger partial charge in [0, 0.05) is 12.1 Å². The van der Waals surface area contributed by atoms with Crippen molar-refractivity contribution in [3.05, 3.63) is 59.2 Å². The van der Waals surface area contributed by atoms with Crippen LogP contribution in [0, 0.1) is 13.8 Å². The predicted molar refractivity (Wildman–Crippen MR) is 90.1 cm³/mol. The first-order valence-electron chi connectivity index (χ1n) is 7.87. The van der Waals surface area contributed by atoms with E-state index in [4.69, 9.17) is 9.47 Å². The van der Waals surface area contributed by atoms with Crippen molar-refractivity contribution < 1.29 is 14.6 Å². The molecule has 3 rings (SSSR count). The number of para-hydroxylation sites is 1. The summed E-state index contributed by atoms with van der Waals surface area (Å²) in [4.78, 5) is 0. The van der Waals surface area contributed by atoms with Gasteiger partial charge >= 0.3 is 0 Å². The Labute approximate surface area is 137 Å². The Morgan fingerprint density at radius 2 is 2.00 bits per heavy atom. The van der Waals surface area contributed by atoms with E-state index in [0.717, 1.165) is 22.6 Å².